The Morgan fingerprint density at radius 1 is 1.18 bits per heavy atom. The summed E-state index contributed by atoms with van der Waals surface area (Å²) in [6.45, 7) is 0.128. The fourth-order valence-corrected chi connectivity index (χ4v) is 3.98. The number of ether oxygens (including phenoxy) is 1. The van der Waals surface area contributed by atoms with E-state index in [2.05, 4.69) is 15.3 Å². The summed E-state index contributed by atoms with van der Waals surface area (Å²) < 4.78 is 47.1. The van der Waals surface area contributed by atoms with Crippen LogP contribution in [0.1, 0.15) is 28.6 Å². The van der Waals surface area contributed by atoms with Crippen LogP contribution in [0.2, 0.25) is 0 Å². The summed E-state index contributed by atoms with van der Waals surface area (Å²) in [5.41, 5.74) is 1.53. The summed E-state index contributed by atoms with van der Waals surface area (Å²) in [5.74, 6) is -5.02. The molecule has 1 aliphatic rings. The zero-order chi connectivity index (χ0) is 23.5. The number of benzene rings is 2. The van der Waals surface area contributed by atoms with Crippen molar-refractivity contribution in [3.8, 4) is 0 Å². The van der Waals surface area contributed by atoms with Gasteiger partial charge in [-0.1, -0.05) is 36.4 Å². The molecule has 0 spiro atoms. The van der Waals surface area contributed by atoms with Gasteiger partial charge < -0.3 is 19.9 Å². The van der Waals surface area contributed by atoms with Crippen LogP contribution in [0, 0.1) is 17.5 Å². The molecule has 0 saturated carbocycles. The number of aromatic amines is 1. The molecule has 3 aromatic rings. The van der Waals surface area contributed by atoms with Gasteiger partial charge >= 0.3 is 12.0 Å². The van der Waals surface area contributed by atoms with E-state index in [-0.39, 0.29) is 18.5 Å². The standard InChI is InChI=1S/C23H21F3N4O3/c1-33-22(31)17(11-13-5-3-2-4-6-13)29-23(32)30-10-9-16-20(28-12-27-16)21(30)14-7-8-15(24)19(26)18(14)25/h2-8,12,17,21H,9-11H2,1H3,(H,27,28)(H,29,32)/t17-,21?/m1/s1. The minimum atomic E-state index is -1.63. The second-order valence-electron chi connectivity index (χ2n) is 7.59. The molecular formula is C23H21F3N4O3. The number of halogens is 3. The lowest BCUT2D eigenvalue weighted by Crippen LogP contribution is -2.52. The van der Waals surface area contributed by atoms with Crippen LogP contribution in [-0.4, -0.2) is 46.6 Å². The first-order valence-corrected chi connectivity index (χ1v) is 10.2. The van der Waals surface area contributed by atoms with Crippen LogP contribution >= 0.6 is 0 Å². The first kappa shape index (κ1) is 22.4. The highest BCUT2D eigenvalue weighted by molar-refractivity contribution is 5.84. The number of aromatic nitrogens is 2. The van der Waals surface area contributed by atoms with Gasteiger partial charge in [-0.3, -0.25) is 0 Å². The maximum absolute atomic E-state index is 14.7. The third-order valence-corrected chi connectivity index (χ3v) is 5.61. The van der Waals surface area contributed by atoms with Gasteiger partial charge in [-0.2, -0.15) is 0 Å². The molecule has 2 aromatic carbocycles. The Morgan fingerprint density at radius 3 is 2.67 bits per heavy atom. The molecule has 2 heterocycles. The van der Waals surface area contributed by atoms with Crippen LogP contribution in [0.15, 0.2) is 48.8 Å². The van der Waals surface area contributed by atoms with Gasteiger partial charge in [-0.05, 0) is 11.6 Å². The number of carbonyl (C=O) groups is 2. The number of amides is 2. The maximum atomic E-state index is 14.7. The number of hydrogen-bond donors (Lipinski definition) is 2. The quantitative estimate of drug-likeness (QED) is 0.454. The molecule has 33 heavy (non-hydrogen) atoms. The zero-order valence-electron chi connectivity index (χ0n) is 17.6. The molecule has 2 atom stereocenters. The highest BCUT2D eigenvalue weighted by Crippen LogP contribution is 2.35. The first-order valence-electron chi connectivity index (χ1n) is 10.2. The zero-order valence-corrected chi connectivity index (χ0v) is 17.6. The average Bonchev–Trinajstić information content (AvgIpc) is 3.31. The normalized spacial score (nSPS) is 16.1. The van der Waals surface area contributed by atoms with Crippen LogP contribution < -0.4 is 5.32 Å². The number of hydrogen-bond acceptors (Lipinski definition) is 4. The van der Waals surface area contributed by atoms with Gasteiger partial charge in [0.2, 0.25) is 0 Å². The molecule has 0 bridgehead atoms. The summed E-state index contributed by atoms with van der Waals surface area (Å²) in [7, 11) is 1.21. The monoisotopic (exact) mass is 458 g/mol. The van der Waals surface area contributed by atoms with Gasteiger partial charge in [0.05, 0.1) is 19.1 Å². The van der Waals surface area contributed by atoms with Crippen molar-refractivity contribution in [3.05, 3.63) is 88.8 Å². The van der Waals surface area contributed by atoms with Gasteiger partial charge in [0, 0.05) is 30.6 Å². The number of rotatable bonds is 5. The number of H-pyrrole nitrogens is 1. The molecule has 2 amide bonds. The maximum Gasteiger partial charge on any atom is 0.328 e. The molecule has 7 nitrogen and oxygen atoms in total. The number of nitrogens with one attached hydrogen (secondary N) is 2. The van der Waals surface area contributed by atoms with Crippen molar-refractivity contribution in [2.45, 2.75) is 24.9 Å². The van der Waals surface area contributed by atoms with Crippen LogP contribution in [0.4, 0.5) is 18.0 Å². The van der Waals surface area contributed by atoms with Gasteiger partial charge in [0.1, 0.15) is 12.1 Å². The van der Waals surface area contributed by atoms with Crippen molar-refractivity contribution >= 4 is 12.0 Å². The van der Waals surface area contributed by atoms with E-state index in [0.29, 0.717) is 17.8 Å². The lowest BCUT2D eigenvalue weighted by Gasteiger charge is -2.36. The van der Waals surface area contributed by atoms with Crippen molar-refractivity contribution < 1.29 is 27.5 Å². The predicted molar refractivity (Wildman–Crippen MR) is 112 cm³/mol. The fraction of sp³-hybridized carbons (Fsp3) is 0.261. The van der Waals surface area contributed by atoms with Gasteiger partial charge in [-0.15, -0.1) is 0 Å². The molecule has 4 rings (SSSR count). The van der Waals surface area contributed by atoms with Crippen LogP contribution in [-0.2, 0) is 22.4 Å². The number of nitrogens with zero attached hydrogens (tertiary/aromatic N) is 2. The summed E-state index contributed by atoms with van der Waals surface area (Å²) in [6, 6.07) is 8.10. The Labute approximate surface area is 187 Å². The van der Waals surface area contributed by atoms with Gasteiger partial charge in [0.15, 0.2) is 17.5 Å². The molecule has 0 aliphatic carbocycles. The number of esters is 1. The smallest absolute Gasteiger partial charge is 0.328 e. The highest BCUT2D eigenvalue weighted by Gasteiger charge is 2.38. The number of imidazole rings is 1. The minimum absolute atomic E-state index is 0.128. The van der Waals surface area contributed by atoms with E-state index in [9.17, 15) is 22.8 Å². The molecule has 172 valence electrons. The SMILES string of the molecule is COC(=O)[C@@H](Cc1ccccc1)NC(=O)N1CCc2[nH]cnc2C1c1ccc(F)c(F)c1F. The third kappa shape index (κ3) is 4.41. The van der Waals surface area contributed by atoms with E-state index in [1.807, 2.05) is 6.07 Å². The molecular weight excluding hydrogens is 437 g/mol. The largest absolute Gasteiger partial charge is 0.467 e. The fourth-order valence-electron chi connectivity index (χ4n) is 3.98. The van der Waals surface area contributed by atoms with E-state index in [0.717, 1.165) is 17.7 Å². The Hall–Kier alpha value is -3.82. The van der Waals surface area contributed by atoms with Crippen molar-refractivity contribution in [2.75, 3.05) is 13.7 Å². The molecule has 1 aromatic heterocycles. The van der Waals surface area contributed by atoms with Gasteiger partial charge in [0.25, 0.3) is 0 Å². The molecule has 1 unspecified atom stereocenters. The van der Waals surface area contributed by atoms with Crippen molar-refractivity contribution in [1.29, 1.82) is 0 Å². The predicted octanol–water partition coefficient (Wildman–Crippen LogP) is 3.27. The summed E-state index contributed by atoms with van der Waals surface area (Å²) >= 11 is 0. The summed E-state index contributed by atoms with van der Waals surface area (Å²) in [4.78, 5) is 34.0. The van der Waals surface area contributed by atoms with Crippen LogP contribution in [0.25, 0.3) is 0 Å². The molecule has 0 fully saturated rings. The molecule has 0 radical (unpaired) electrons. The molecule has 10 heteroatoms. The van der Waals surface area contributed by atoms with Gasteiger partial charge in [-0.25, -0.2) is 27.7 Å². The van der Waals surface area contributed by atoms with E-state index < -0.39 is 41.5 Å². The van der Waals surface area contributed by atoms with E-state index in [1.54, 1.807) is 24.3 Å². The van der Waals surface area contributed by atoms with E-state index >= 15 is 0 Å². The number of fused-ring (bicyclic) bond motifs is 1. The van der Waals surface area contributed by atoms with E-state index in [1.165, 1.54) is 18.3 Å². The summed E-state index contributed by atoms with van der Waals surface area (Å²) in [5, 5.41) is 2.64. The molecule has 1 aliphatic heterocycles. The topological polar surface area (TPSA) is 87.3 Å². The van der Waals surface area contributed by atoms with Crippen molar-refractivity contribution in [2.24, 2.45) is 0 Å². The third-order valence-electron chi connectivity index (χ3n) is 5.61. The number of urea groups is 1. The summed E-state index contributed by atoms with van der Waals surface area (Å²) in [6.07, 6.45) is 1.95. The van der Waals surface area contributed by atoms with Crippen molar-refractivity contribution in [1.82, 2.24) is 20.2 Å². The number of methoxy groups -OCH3 is 1. The molecule has 2 N–H and O–H groups in total. The Bertz CT molecular complexity index is 1170. The Kier molecular flexibility index (Phi) is 6.34. The second kappa shape index (κ2) is 9.35. The highest BCUT2D eigenvalue weighted by atomic mass is 19.2. The number of carbonyl (C=O) groups excluding carboxylic acids is 2. The minimum Gasteiger partial charge on any atom is -0.467 e. The molecule has 0 saturated heterocycles. The van der Waals surface area contributed by atoms with E-state index in [4.69, 9.17) is 4.74 Å². The average molecular weight is 458 g/mol. The lowest BCUT2D eigenvalue weighted by atomic mass is 9.95. The van der Waals surface area contributed by atoms with Crippen LogP contribution in [0.3, 0.4) is 0 Å². The second-order valence-corrected chi connectivity index (χ2v) is 7.59. The lowest BCUT2D eigenvalue weighted by molar-refractivity contribution is -0.142. The Morgan fingerprint density at radius 2 is 1.94 bits per heavy atom. The van der Waals surface area contributed by atoms with Crippen LogP contribution in [0.5, 0.6) is 0 Å². The first-order chi connectivity index (χ1) is 15.9. The Balaban J connectivity index is 1.66. The van der Waals surface area contributed by atoms with Crippen molar-refractivity contribution in [3.63, 3.8) is 0 Å².